The Morgan fingerprint density at radius 2 is 1.92 bits per heavy atom. The van der Waals surface area contributed by atoms with Gasteiger partial charge in [0.2, 0.25) is 0 Å². The molecule has 25 heavy (non-hydrogen) atoms. The van der Waals surface area contributed by atoms with E-state index in [1.54, 1.807) is 0 Å². The first kappa shape index (κ1) is 18.0. The normalized spacial score (nSPS) is 20.8. The van der Waals surface area contributed by atoms with Crippen molar-refractivity contribution in [1.29, 1.82) is 0 Å². The summed E-state index contributed by atoms with van der Waals surface area (Å²) in [5.74, 6) is 1.00. The Labute approximate surface area is 151 Å². The second-order valence-corrected chi connectivity index (χ2v) is 7.22. The number of likely N-dealkylation sites (N-methyl/N-ethyl adjacent to an activating group) is 1. The molecule has 1 aliphatic heterocycles. The number of likely N-dealkylation sites (tertiary alicyclic amines) is 1. The molecule has 0 bridgehead atoms. The summed E-state index contributed by atoms with van der Waals surface area (Å²) < 4.78 is 6.12. The third-order valence-electron chi connectivity index (χ3n) is 5.12. The molecule has 3 nitrogen and oxygen atoms in total. The largest absolute Gasteiger partial charge is 0.493 e. The van der Waals surface area contributed by atoms with Gasteiger partial charge in [-0.3, -0.25) is 0 Å². The molecule has 3 rings (SSSR count). The molecule has 2 aromatic rings. The lowest BCUT2D eigenvalue weighted by molar-refractivity contribution is 0.182. The summed E-state index contributed by atoms with van der Waals surface area (Å²) in [5.41, 5.74) is 3.91. The van der Waals surface area contributed by atoms with Crippen LogP contribution in [0.4, 0.5) is 0 Å². The Balaban J connectivity index is 1.57. The summed E-state index contributed by atoms with van der Waals surface area (Å²) in [5, 5.41) is 9.76. The zero-order valence-corrected chi connectivity index (χ0v) is 15.3. The molecule has 2 aromatic carbocycles. The first-order valence-electron chi connectivity index (χ1n) is 9.26. The molecule has 1 aliphatic rings. The van der Waals surface area contributed by atoms with E-state index in [4.69, 9.17) is 4.74 Å². The van der Waals surface area contributed by atoms with Crippen LogP contribution in [-0.2, 0) is 12.8 Å². The second-order valence-electron chi connectivity index (χ2n) is 7.22. The van der Waals surface area contributed by atoms with E-state index in [2.05, 4.69) is 67.4 Å². The number of β-amino-alcohol motifs (C(OH)–C–C–N with tert-alkyl or cyclic N) is 1. The molecule has 134 valence electrons. The highest BCUT2D eigenvalue weighted by Crippen LogP contribution is 2.24. The lowest BCUT2D eigenvalue weighted by atomic mass is 10.0. The quantitative estimate of drug-likeness (QED) is 0.836. The van der Waals surface area contributed by atoms with E-state index in [0.717, 1.165) is 38.0 Å². The van der Waals surface area contributed by atoms with Gasteiger partial charge in [0.05, 0.1) is 12.7 Å². The highest BCUT2D eigenvalue weighted by Gasteiger charge is 2.27. The van der Waals surface area contributed by atoms with E-state index < -0.39 is 0 Å². The molecule has 0 amide bonds. The van der Waals surface area contributed by atoms with Crippen molar-refractivity contribution in [2.24, 2.45) is 0 Å². The van der Waals surface area contributed by atoms with Crippen LogP contribution in [0, 0.1) is 6.92 Å². The van der Waals surface area contributed by atoms with Gasteiger partial charge in [-0.1, -0.05) is 48.0 Å². The molecule has 0 saturated carbocycles. The third-order valence-corrected chi connectivity index (χ3v) is 5.12. The maximum absolute atomic E-state index is 9.76. The van der Waals surface area contributed by atoms with Crippen molar-refractivity contribution in [3.05, 3.63) is 65.2 Å². The molecule has 0 spiro atoms. The molecule has 0 aliphatic carbocycles. The standard InChI is InChI=1S/C22H29NO2/c1-17-8-11-22(25-13-12-20-15-21(24)16-23(20)2)19(14-17)10-9-18-6-4-3-5-7-18/h3-8,11,14,20-21,24H,9-10,12-13,15-16H2,1-2H3/t20-,21-/m1/s1. The molecule has 0 unspecified atom stereocenters. The van der Waals surface area contributed by atoms with Crippen LogP contribution < -0.4 is 4.74 Å². The lowest BCUT2D eigenvalue weighted by Gasteiger charge is -2.19. The lowest BCUT2D eigenvalue weighted by Crippen LogP contribution is -2.26. The second kappa shape index (κ2) is 8.50. The van der Waals surface area contributed by atoms with Crippen molar-refractivity contribution in [3.8, 4) is 5.75 Å². The minimum atomic E-state index is -0.184. The summed E-state index contributed by atoms with van der Waals surface area (Å²) in [6, 6.07) is 17.5. The molecule has 3 heteroatoms. The van der Waals surface area contributed by atoms with Gasteiger partial charge in [-0.2, -0.15) is 0 Å². The molecule has 2 atom stereocenters. The van der Waals surface area contributed by atoms with Crippen molar-refractivity contribution in [1.82, 2.24) is 4.90 Å². The summed E-state index contributed by atoms with van der Waals surface area (Å²) in [6.45, 7) is 3.60. The molecule has 1 fully saturated rings. The van der Waals surface area contributed by atoms with Gasteiger partial charge >= 0.3 is 0 Å². The van der Waals surface area contributed by atoms with Crippen molar-refractivity contribution in [2.75, 3.05) is 20.2 Å². The van der Waals surface area contributed by atoms with Crippen LogP contribution in [-0.4, -0.2) is 42.4 Å². The number of aliphatic hydroxyl groups is 1. The minimum Gasteiger partial charge on any atom is -0.493 e. The number of ether oxygens (including phenoxy) is 1. The fraction of sp³-hybridized carbons (Fsp3) is 0.455. The van der Waals surface area contributed by atoms with Gasteiger partial charge < -0.3 is 14.7 Å². The maximum Gasteiger partial charge on any atom is 0.122 e. The SMILES string of the molecule is Cc1ccc(OCC[C@@H]2C[C@@H](O)CN2C)c(CCc2ccccc2)c1. The fourth-order valence-corrected chi connectivity index (χ4v) is 3.66. The van der Waals surface area contributed by atoms with Crippen LogP contribution in [0.2, 0.25) is 0 Å². The summed E-state index contributed by atoms with van der Waals surface area (Å²) >= 11 is 0. The molecule has 1 saturated heterocycles. The monoisotopic (exact) mass is 339 g/mol. The average Bonchev–Trinajstić information content (AvgIpc) is 2.93. The van der Waals surface area contributed by atoms with Crippen LogP contribution in [0.1, 0.15) is 29.5 Å². The van der Waals surface area contributed by atoms with Gasteiger partial charge in [-0.15, -0.1) is 0 Å². The highest BCUT2D eigenvalue weighted by atomic mass is 16.5. The Morgan fingerprint density at radius 3 is 2.64 bits per heavy atom. The Kier molecular flexibility index (Phi) is 6.11. The first-order valence-corrected chi connectivity index (χ1v) is 9.26. The molecule has 0 aromatic heterocycles. The van der Waals surface area contributed by atoms with E-state index in [0.29, 0.717) is 12.6 Å². The van der Waals surface area contributed by atoms with Gasteiger partial charge in [0.15, 0.2) is 0 Å². The van der Waals surface area contributed by atoms with Gasteiger partial charge in [-0.25, -0.2) is 0 Å². The van der Waals surface area contributed by atoms with Crippen molar-refractivity contribution >= 4 is 0 Å². The summed E-state index contributed by atoms with van der Waals surface area (Å²) in [7, 11) is 2.08. The number of aliphatic hydroxyl groups excluding tert-OH is 1. The van der Waals surface area contributed by atoms with Crippen molar-refractivity contribution < 1.29 is 9.84 Å². The molecular weight excluding hydrogens is 310 g/mol. The fourth-order valence-electron chi connectivity index (χ4n) is 3.66. The van der Waals surface area contributed by atoms with Gasteiger partial charge in [0, 0.05) is 12.6 Å². The van der Waals surface area contributed by atoms with E-state index >= 15 is 0 Å². The number of benzene rings is 2. The topological polar surface area (TPSA) is 32.7 Å². The van der Waals surface area contributed by atoms with Crippen LogP contribution in [0.5, 0.6) is 5.75 Å². The zero-order chi connectivity index (χ0) is 17.6. The van der Waals surface area contributed by atoms with E-state index in [-0.39, 0.29) is 6.10 Å². The summed E-state index contributed by atoms with van der Waals surface area (Å²) in [4.78, 5) is 2.24. The number of nitrogens with zero attached hydrogens (tertiary/aromatic N) is 1. The van der Waals surface area contributed by atoms with E-state index in [1.807, 2.05) is 0 Å². The first-order chi connectivity index (χ1) is 12.1. The molecule has 1 heterocycles. The van der Waals surface area contributed by atoms with Crippen LogP contribution in [0.15, 0.2) is 48.5 Å². The Morgan fingerprint density at radius 1 is 1.12 bits per heavy atom. The number of hydrogen-bond donors (Lipinski definition) is 1. The molecule has 0 radical (unpaired) electrons. The number of aryl methyl sites for hydroxylation is 3. The number of rotatable bonds is 7. The minimum absolute atomic E-state index is 0.184. The third kappa shape index (κ3) is 5.07. The van der Waals surface area contributed by atoms with Crippen LogP contribution in [0.3, 0.4) is 0 Å². The van der Waals surface area contributed by atoms with Crippen molar-refractivity contribution in [2.45, 2.75) is 44.8 Å². The Bertz CT molecular complexity index is 671. The molecule has 1 N–H and O–H groups in total. The zero-order valence-electron chi connectivity index (χ0n) is 15.3. The van der Waals surface area contributed by atoms with E-state index in [9.17, 15) is 5.11 Å². The predicted octanol–water partition coefficient (Wildman–Crippen LogP) is 3.61. The van der Waals surface area contributed by atoms with Crippen LogP contribution >= 0.6 is 0 Å². The maximum atomic E-state index is 9.76. The smallest absolute Gasteiger partial charge is 0.122 e. The van der Waals surface area contributed by atoms with Gasteiger partial charge in [-0.05, 0) is 56.8 Å². The summed E-state index contributed by atoms with van der Waals surface area (Å²) in [6.07, 6.45) is 3.64. The molecular formula is C22H29NO2. The Hall–Kier alpha value is -1.84. The van der Waals surface area contributed by atoms with Crippen LogP contribution in [0.25, 0.3) is 0 Å². The number of hydrogen-bond acceptors (Lipinski definition) is 3. The van der Waals surface area contributed by atoms with E-state index in [1.165, 1.54) is 16.7 Å². The van der Waals surface area contributed by atoms with Crippen molar-refractivity contribution in [3.63, 3.8) is 0 Å². The predicted molar refractivity (Wildman–Crippen MR) is 102 cm³/mol. The highest BCUT2D eigenvalue weighted by molar-refractivity contribution is 5.37. The van der Waals surface area contributed by atoms with Gasteiger partial charge in [0.1, 0.15) is 5.75 Å². The van der Waals surface area contributed by atoms with Gasteiger partial charge in [0.25, 0.3) is 0 Å². The average molecular weight is 339 g/mol.